The van der Waals surface area contributed by atoms with Gasteiger partial charge in [0, 0.05) is 6.42 Å². The molecule has 0 amide bonds. The van der Waals surface area contributed by atoms with E-state index < -0.39 is 0 Å². The van der Waals surface area contributed by atoms with Gasteiger partial charge in [0.05, 0.1) is 16.8 Å². The van der Waals surface area contributed by atoms with Gasteiger partial charge >= 0.3 is 0 Å². The molecule has 4 heterocycles. The van der Waals surface area contributed by atoms with Gasteiger partial charge in [0.2, 0.25) is 0 Å². The first-order valence-corrected chi connectivity index (χ1v) is 12.2. The molecule has 0 aliphatic heterocycles. The molecule has 1 atom stereocenters. The quantitative estimate of drug-likeness (QED) is 0.449. The lowest BCUT2D eigenvalue weighted by molar-refractivity contribution is 0.496. The van der Waals surface area contributed by atoms with Crippen LogP contribution < -0.4 is 11.3 Å². The van der Waals surface area contributed by atoms with Gasteiger partial charge in [0.25, 0.3) is 5.56 Å². The summed E-state index contributed by atoms with van der Waals surface area (Å²) in [5.41, 5.74) is 9.41. The maximum absolute atomic E-state index is 13.8. The minimum absolute atomic E-state index is 0.0185. The molecule has 0 saturated carbocycles. The Morgan fingerprint density at radius 2 is 2.12 bits per heavy atom. The second-order valence-corrected chi connectivity index (χ2v) is 9.05. The van der Waals surface area contributed by atoms with Crippen molar-refractivity contribution >= 4 is 38.4 Å². The molecule has 2 N–H and O–H groups in total. The van der Waals surface area contributed by atoms with Gasteiger partial charge in [-0.1, -0.05) is 38.0 Å². The Kier molecular flexibility index (Phi) is 5.75. The third-order valence-electron chi connectivity index (χ3n) is 6.08. The molecular weight excluding hydrogens is 446 g/mol. The van der Waals surface area contributed by atoms with Crippen LogP contribution in [0.15, 0.2) is 40.3 Å². The molecule has 0 radical (unpaired) electrons. The Labute approximate surface area is 200 Å². The minimum atomic E-state index is -0.0884. The number of fused-ring (bicyclic) bond motifs is 2. The monoisotopic (exact) mass is 471 g/mol. The van der Waals surface area contributed by atoms with Crippen molar-refractivity contribution in [2.45, 2.75) is 52.6 Å². The fourth-order valence-electron chi connectivity index (χ4n) is 4.44. The summed E-state index contributed by atoms with van der Waals surface area (Å²) in [4.78, 5) is 28.1. The third kappa shape index (κ3) is 3.60. The first kappa shape index (κ1) is 22.0. The number of aryl methyl sites for hydroxylation is 1. The summed E-state index contributed by atoms with van der Waals surface area (Å²) in [6.45, 7) is 6.32. The van der Waals surface area contributed by atoms with Crippen LogP contribution in [0.5, 0.6) is 0 Å². The molecule has 1 aliphatic carbocycles. The predicted molar refractivity (Wildman–Crippen MR) is 136 cm³/mol. The molecule has 0 saturated heterocycles. The molecule has 0 aromatic carbocycles. The Balaban J connectivity index is 1.73. The lowest BCUT2D eigenvalue weighted by Crippen LogP contribution is -2.31. The number of allylic oxidation sites excluding steroid dienone is 4. The van der Waals surface area contributed by atoms with Crippen molar-refractivity contribution in [3.8, 4) is 11.8 Å². The van der Waals surface area contributed by atoms with Gasteiger partial charge in [0.15, 0.2) is 5.65 Å². The van der Waals surface area contributed by atoms with Crippen LogP contribution in [0.3, 0.4) is 0 Å². The molecule has 1 aliphatic rings. The Morgan fingerprint density at radius 3 is 2.91 bits per heavy atom. The second kappa shape index (κ2) is 8.88. The highest BCUT2D eigenvalue weighted by molar-refractivity contribution is 7.16. The topological polar surface area (TPSA) is 105 Å². The zero-order valence-electron chi connectivity index (χ0n) is 19.4. The van der Waals surface area contributed by atoms with Crippen molar-refractivity contribution in [1.29, 1.82) is 0 Å². The molecular formula is C25H25N7OS. The van der Waals surface area contributed by atoms with Crippen molar-refractivity contribution in [2.75, 3.05) is 5.73 Å². The fraction of sp³-hybridized carbons (Fsp3) is 0.320. The van der Waals surface area contributed by atoms with Crippen LogP contribution in [0.25, 0.3) is 21.3 Å². The molecule has 0 spiro atoms. The summed E-state index contributed by atoms with van der Waals surface area (Å²) in [7, 11) is 0. The Hall–Kier alpha value is -3.77. The van der Waals surface area contributed by atoms with Crippen molar-refractivity contribution in [1.82, 2.24) is 29.3 Å². The van der Waals surface area contributed by atoms with Gasteiger partial charge in [-0.15, -0.1) is 11.3 Å². The number of aromatic nitrogens is 6. The smallest absolute Gasteiger partial charge is 0.263 e. The lowest BCUT2D eigenvalue weighted by Gasteiger charge is -2.26. The maximum atomic E-state index is 13.8. The van der Waals surface area contributed by atoms with E-state index in [0.29, 0.717) is 40.2 Å². The summed E-state index contributed by atoms with van der Waals surface area (Å²) < 4.78 is 3.57. The summed E-state index contributed by atoms with van der Waals surface area (Å²) in [5.74, 6) is 7.10. The molecule has 0 bridgehead atoms. The highest BCUT2D eigenvalue weighted by atomic mass is 32.1. The van der Waals surface area contributed by atoms with E-state index in [1.807, 2.05) is 23.8 Å². The Bertz CT molecular complexity index is 1590. The molecule has 4 aromatic rings. The number of nitrogen functional groups attached to an aromatic ring is 1. The van der Waals surface area contributed by atoms with E-state index in [-0.39, 0.29) is 18.1 Å². The zero-order valence-corrected chi connectivity index (χ0v) is 20.2. The lowest BCUT2D eigenvalue weighted by atomic mass is 9.96. The number of hydrogen-bond acceptors (Lipinski definition) is 7. The molecule has 172 valence electrons. The van der Waals surface area contributed by atoms with Gasteiger partial charge in [-0.05, 0) is 42.2 Å². The largest absolute Gasteiger partial charge is 0.383 e. The minimum Gasteiger partial charge on any atom is -0.383 e. The van der Waals surface area contributed by atoms with Crippen LogP contribution in [-0.4, -0.2) is 29.3 Å². The summed E-state index contributed by atoms with van der Waals surface area (Å²) in [5, 5.41) is 8.00. The van der Waals surface area contributed by atoms with E-state index in [2.05, 4.69) is 47.0 Å². The van der Waals surface area contributed by atoms with Gasteiger partial charge in [-0.2, -0.15) is 5.10 Å². The van der Waals surface area contributed by atoms with Crippen molar-refractivity contribution in [3.05, 3.63) is 62.9 Å². The highest BCUT2D eigenvalue weighted by Gasteiger charge is 2.25. The average molecular weight is 472 g/mol. The Morgan fingerprint density at radius 1 is 1.26 bits per heavy atom. The molecule has 4 aromatic heterocycles. The van der Waals surface area contributed by atoms with Gasteiger partial charge in [-0.25, -0.2) is 19.6 Å². The van der Waals surface area contributed by atoms with Crippen molar-refractivity contribution in [3.63, 3.8) is 0 Å². The van der Waals surface area contributed by atoms with Gasteiger partial charge in [-0.3, -0.25) is 9.36 Å². The normalized spacial score (nSPS) is 15.5. The molecule has 34 heavy (non-hydrogen) atoms. The van der Waals surface area contributed by atoms with Crippen LogP contribution in [-0.2, 0) is 6.54 Å². The molecule has 8 nitrogen and oxygen atoms in total. The molecule has 5 rings (SSSR count). The van der Waals surface area contributed by atoms with Crippen LogP contribution in [0.1, 0.15) is 56.2 Å². The van der Waals surface area contributed by atoms with E-state index >= 15 is 0 Å². The van der Waals surface area contributed by atoms with Crippen LogP contribution in [0.4, 0.5) is 5.82 Å². The maximum Gasteiger partial charge on any atom is 0.263 e. The van der Waals surface area contributed by atoms with Gasteiger partial charge < -0.3 is 5.73 Å². The first-order chi connectivity index (χ1) is 16.5. The number of thiophene rings is 1. The van der Waals surface area contributed by atoms with E-state index in [4.69, 9.17) is 15.8 Å². The van der Waals surface area contributed by atoms with Crippen LogP contribution >= 0.6 is 11.3 Å². The third-order valence-corrected chi connectivity index (χ3v) is 7.07. The number of nitrogens with zero attached hydrogens (tertiary/aromatic N) is 6. The van der Waals surface area contributed by atoms with E-state index in [1.54, 1.807) is 4.68 Å². The second-order valence-electron chi connectivity index (χ2n) is 8.20. The van der Waals surface area contributed by atoms with Gasteiger partial charge in [0.1, 0.15) is 35.0 Å². The molecule has 0 fully saturated rings. The summed E-state index contributed by atoms with van der Waals surface area (Å²) in [6, 6.07) is -0.0884. The summed E-state index contributed by atoms with van der Waals surface area (Å²) in [6.07, 6.45) is 9.96. The SMILES string of the molecule is CCC#Cc1nn(Cc2nc3scc(C)c3c(=O)n2C2CC=CC=C2CC)c2ncnc(N)c12. The number of anilines is 1. The van der Waals surface area contributed by atoms with Crippen molar-refractivity contribution < 1.29 is 0 Å². The predicted octanol–water partition coefficient (Wildman–Crippen LogP) is 4.14. The molecule has 9 heteroatoms. The van der Waals surface area contributed by atoms with E-state index in [9.17, 15) is 4.79 Å². The van der Waals surface area contributed by atoms with Crippen LogP contribution in [0, 0.1) is 18.8 Å². The van der Waals surface area contributed by atoms with Crippen molar-refractivity contribution in [2.24, 2.45) is 0 Å². The zero-order chi connectivity index (χ0) is 23.8. The van der Waals surface area contributed by atoms with E-state index in [0.717, 1.165) is 23.2 Å². The average Bonchev–Trinajstić information content (AvgIpc) is 3.39. The first-order valence-electron chi connectivity index (χ1n) is 11.3. The van der Waals surface area contributed by atoms with E-state index in [1.165, 1.54) is 23.2 Å². The molecule has 1 unspecified atom stereocenters. The highest BCUT2D eigenvalue weighted by Crippen LogP contribution is 2.31. The standard InChI is InChI=1S/C25H25N7OS/c1-4-6-10-17-21-22(26)27-14-28-23(21)31(30-17)12-19-29-24-20(15(3)13-34-24)25(33)32(19)18-11-8-7-9-16(18)5-2/h7-9,13-14,18H,4-5,11-12H2,1-3H3,(H2,26,27,28). The number of hydrogen-bond donors (Lipinski definition) is 1. The van der Waals surface area contributed by atoms with Crippen LogP contribution in [0.2, 0.25) is 0 Å². The number of rotatable bonds is 4. The number of nitrogens with two attached hydrogens (primary N) is 1. The summed E-state index contributed by atoms with van der Waals surface area (Å²) >= 11 is 1.49. The fourth-order valence-corrected chi connectivity index (χ4v) is 5.37.